The van der Waals surface area contributed by atoms with Gasteiger partial charge in [0.05, 0.1) is 11.0 Å². The summed E-state index contributed by atoms with van der Waals surface area (Å²) in [6.07, 6.45) is 5.69. The van der Waals surface area contributed by atoms with Crippen LogP contribution in [0.1, 0.15) is 52.4 Å². The van der Waals surface area contributed by atoms with E-state index in [1.54, 1.807) is 4.90 Å². The Hall–Kier alpha value is -0.780. The highest BCUT2D eigenvalue weighted by Gasteiger charge is 2.32. The van der Waals surface area contributed by atoms with Gasteiger partial charge in [0.25, 0.3) is 0 Å². The van der Waals surface area contributed by atoms with Gasteiger partial charge in [0.2, 0.25) is 0 Å². The smallest absolute Gasteiger partial charge is 0.317 e. The van der Waals surface area contributed by atoms with Crippen LogP contribution in [0.4, 0.5) is 4.79 Å². The standard InChI is InChI=1S/C15H28N2O3S/c1-12(2)11-21(19,20)14-7-9-17(10-8-14)15(18)16-13-5-3-4-6-13/h12-14H,3-11H2,1-2H3,(H,16,18). The van der Waals surface area contributed by atoms with Crippen LogP contribution in [-0.2, 0) is 9.84 Å². The molecule has 5 nitrogen and oxygen atoms in total. The van der Waals surface area contributed by atoms with Crippen LogP contribution in [-0.4, -0.2) is 49.5 Å². The molecule has 2 aliphatic rings. The lowest BCUT2D eigenvalue weighted by molar-refractivity contribution is 0.183. The van der Waals surface area contributed by atoms with Crippen LogP contribution < -0.4 is 5.32 Å². The molecule has 0 radical (unpaired) electrons. The van der Waals surface area contributed by atoms with Crippen molar-refractivity contribution < 1.29 is 13.2 Å². The number of hydrogen-bond acceptors (Lipinski definition) is 3. The predicted molar refractivity (Wildman–Crippen MR) is 84.0 cm³/mol. The van der Waals surface area contributed by atoms with Crippen molar-refractivity contribution in [2.75, 3.05) is 18.8 Å². The molecule has 1 saturated carbocycles. The minimum Gasteiger partial charge on any atom is -0.335 e. The number of hydrogen-bond donors (Lipinski definition) is 1. The van der Waals surface area contributed by atoms with E-state index in [2.05, 4.69) is 5.32 Å². The summed E-state index contributed by atoms with van der Waals surface area (Å²) < 4.78 is 24.5. The highest BCUT2D eigenvalue weighted by atomic mass is 32.2. The molecule has 0 aromatic rings. The third-order valence-corrected chi connectivity index (χ3v) is 7.10. The van der Waals surface area contributed by atoms with Gasteiger partial charge in [0.1, 0.15) is 0 Å². The number of urea groups is 1. The first kappa shape index (κ1) is 16.6. The number of nitrogens with one attached hydrogen (secondary N) is 1. The molecular formula is C15H28N2O3S. The Labute approximate surface area is 128 Å². The average Bonchev–Trinajstić information content (AvgIpc) is 2.90. The number of nitrogens with zero attached hydrogens (tertiary/aromatic N) is 1. The summed E-state index contributed by atoms with van der Waals surface area (Å²) in [7, 11) is -3.01. The molecule has 2 fully saturated rings. The summed E-state index contributed by atoms with van der Waals surface area (Å²) in [5.74, 6) is 0.421. The number of piperidine rings is 1. The molecule has 1 aliphatic heterocycles. The van der Waals surface area contributed by atoms with Crippen molar-refractivity contribution in [3.8, 4) is 0 Å². The number of sulfone groups is 1. The summed E-state index contributed by atoms with van der Waals surface area (Å²) in [6, 6.07) is 0.307. The van der Waals surface area contributed by atoms with Crippen molar-refractivity contribution in [3.63, 3.8) is 0 Å². The first-order valence-electron chi connectivity index (χ1n) is 8.15. The molecule has 21 heavy (non-hydrogen) atoms. The molecule has 1 heterocycles. The second kappa shape index (κ2) is 6.99. The molecule has 0 atom stereocenters. The van der Waals surface area contributed by atoms with Crippen molar-refractivity contribution in [2.24, 2.45) is 5.92 Å². The lowest BCUT2D eigenvalue weighted by atomic mass is 10.1. The number of carbonyl (C=O) groups is 1. The molecule has 0 aromatic heterocycles. The Balaban J connectivity index is 1.81. The molecule has 6 heteroatoms. The fourth-order valence-electron chi connectivity index (χ4n) is 3.35. The summed E-state index contributed by atoms with van der Waals surface area (Å²) in [6.45, 7) is 4.98. The molecule has 1 aliphatic carbocycles. The van der Waals surface area contributed by atoms with Crippen molar-refractivity contribution >= 4 is 15.9 Å². The minimum atomic E-state index is -3.01. The molecule has 0 spiro atoms. The first-order valence-corrected chi connectivity index (χ1v) is 9.87. The van der Waals surface area contributed by atoms with Crippen molar-refractivity contribution in [2.45, 2.75) is 63.7 Å². The van der Waals surface area contributed by atoms with Crippen LogP contribution >= 0.6 is 0 Å². The Morgan fingerprint density at radius 1 is 1.14 bits per heavy atom. The second-order valence-corrected chi connectivity index (χ2v) is 9.17. The lowest BCUT2D eigenvalue weighted by Gasteiger charge is -2.32. The van der Waals surface area contributed by atoms with Gasteiger partial charge in [-0.25, -0.2) is 13.2 Å². The van der Waals surface area contributed by atoms with Gasteiger partial charge in [0, 0.05) is 19.1 Å². The van der Waals surface area contributed by atoms with E-state index in [0.717, 1.165) is 12.8 Å². The SMILES string of the molecule is CC(C)CS(=O)(=O)C1CCN(C(=O)NC2CCCC2)CC1. The molecule has 2 amide bonds. The maximum atomic E-state index is 12.2. The first-order chi connectivity index (χ1) is 9.88. The van der Waals surface area contributed by atoms with Crippen LogP contribution in [0.3, 0.4) is 0 Å². The molecule has 0 bridgehead atoms. The molecule has 2 rings (SSSR count). The molecule has 122 valence electrons. The van der Waals surface area contributed by atoms with Crippen LogP contribution in [0.5, 0.6) is 0 Å². The highest BCUT2D eigenvalue weighted by molar-refractivity contribution is 7.92. The van der Waals surface area contributed by atoms with Gasteiger partial charge in [-0.2, -0.15) is 0 Å². The van der Waals surface area contributed by atoms with E-state index in [1.807, 2.05) is 13.8 Å². The van der Waals surface area contributed by atoms with Crippen molar-refractivity contribution in [3.05, 3.63) is 0 Å². The lowest BCUT2D eigenvalue weighted by Crippen LogP contribution is -2.49. The minimum absolute atomic E-state index is 0.0124. The van der Waals surface area contributed by atoms with Crippen molar-refractivity contribution in [1.82, 2.24) is 10.2 Å². The van der Waals surface area contributed by atoms with Crippen LogP contribution in [0, 0.1) is 5.92 Å². The van der Waals surface area contributed by atoms with Gasteiger partial charge >= 0.3 is 6.03 Å². The molecule has 0 aromatic carbocycles. The van der Waals surface area contributed by atoms with E-state index in [1.165, 1.54) is 12.8 Å². The average molecular weight is 316 g/mol. The Bertz CT molecular complexity index is 448. The van der Waals surface area contributed by atoms with Gasteiger partial charge in [-0.15, -0.1) is 0 Å². The van der Waals surface area contributed by atoms with Crippen LogP contribution in [0.15, 0.2) is 0 Å². The van der Waals surface area contributed by atoms with Crippen molar-refractivity contribution in [1.29, 1.82) is 0 Å². The quantitative estimate of drug-likeness (QED) is 0.864. The Kier molecular flexibility index (Phi) is 5.52. The van der Waals surface area contributed by atoms with E-state index in [0.29, 0.717) is 32.0 Å². The number of likely N-dealkylation sites (tertiary alicyclic amines) is 1. The molecule has 1 saturated heterocycles. The highest BCUT2D eigenvalue weighted by Crippen LogP contribution is 2.22. The molecular weight excluding hydrogens is 288 g/mol. The maximum absolute atomic E-state index is 12.2. The Morgan fingerprint density at radius 3 is 2.24 bits per heavy atom. The maximum Gasteiger partial charge on any atom is 0.317 e. The van der Waals surface area contributed by atoms with Gasteiger partial charge in [0.15, 0.2) is 9.84 Å². The predicted octanol–water partition coefficient (Wildman–Crippen LogP) is 2.17. The Morgan fingerprint density at radius 2 is 1.71 bits per heavy atom. The molecule has 1 N–H and O–H groups in total. The van der Waals surface area contributed by atoms with E-state index in [-0.39, 0.29) is 23.0 Å². The summed E-state index contributed by atoms with van der Waals surface area (Å²) in [4.78, 5) is 13.9. The fraction of sp³-hybridized carbons (Fsp3) is 0.933. The van der Waals surface area contributed by atoms with Crippen LogP contribution in [0.2, 0.25) is 0 Å². The number of rotatable bonds is 4. The number of carbonyl (C=O) groups excluding carboxylic acids is 1. The topological polar surface area (TPSA) is 66.5 Å². The van der Waals surface area contributed by atoms with Crippen LogP contribution in [0.25, 0.3) is 0 Å². The van der Waals surface area contributed by atoms with Gasteiger partial charge in [-0.05, 0) is 31.6 Å². The zero-order valence-electron chi connectivity index (χ0n) is 13.2. The van der Waals surface area contributed by atoms with E-state index < -0.39 is 9.84 Å². The van der Waals surface area contributed by atoms with Gasteiger partial charge < -0.3 is 10.2 Å². The summed E-state index contributed by atoms with van der Waals surface area (Å²) in [5.41, 5.74) is 0. The largest absolute Gasteiger partial charge is 0.335 e. The summed E-state index contributed by atoms with van der Waals surface area (Å²) in [5, 5.41) is 2.80. The molecule has 0 unspecified atom stereocenters. The zero-order chi connectivity index (χ0) is 15.5. The number of amides is 2. The van der Waals surface area contributed by atoms with Gasteiger partial charge in [-0.3, -0.25) is 0 Å². The summed E-state index contributed by atoms with van der Waals surface area (Å²) >= 11 is 0. The van der Waals surface area contributed by atoms with E-state index in [9.17, 15) is 13.2 Å². The normalized spacial score (nSPS) is 22.0. The van der Waals surface area contributed by atoms with E-state index >= 15 is 0 Å². The van der Waals surface area contributed by atoms with Gasteiger partial charge in [-0.1, -0.05) is 26.7 Å². The third kappa shape index (κ3) is 4.59. The van der Waals surface area contributed by atoms with E-state index in [4.69, 9.17) is 0 Å². The second-order valence-electron chi connectivity index (χ2n) is 6.84. The third-order valence-electron chi connectivity index (χ3n) is 4.49. The zero-order valence-corrected chi connectivity index (χ0v) is 14.0. The fourth-order valence-corrected chi connectivity index (χ4v) is 5.49. The monoisotopic (exact) mass is 316 g/mol.